The summed E-state index contributed by atoms with van der Waals surface area (Å²) in [6, 6.07) is 14.4. The third kappa shape index (κ3) is 4.27. The van der Waals surface area contributed by atoms with Crippen LogP contribution in [0.2, 0.25) is 0 Å². The second-order valence-electron chi connectivity index (χ2n) is 6.21. The molecule has 0 spiro atoms. The van der Waals surface area contributed by atoms with Gasteiger partial charge in [0.1, 0.15) is 0 Å². The van der Waals surface area contributed by atoms with Crippen molar-refractivity contribution >= 4 is 17.6 Å². The third-order valence-electron chi connectivity index (χ3n) is 4.21. The van der Waals surface area contributed by atoms with Gasteiger partial charge in [0.15, 0.2) is 0 Å². The average Bonchev–Trinajstić information content (AvgIpc) is 3.37. The van der Waals surface area contributed by atoms with Crippen LogP contribution < -0.4 is 5.32 Å². The van der Waals surface area contributed by atoms with E-state index in [1.54, 1.807) is 18.2 Å². The molecule has 0 bridgehead atoms. The monoisotopic (exact) mass is 333 g/mol. The molecule has 1 saturated carbocycles. The predicted molar refractivity (Wildman–Crippen MR) is 96.1 cm³/mol. The van der Waals surface area contributed by atoms with E-state index >= 15 is 0 Å². The lowest BCUT2D eigenvalue weighted by Gasteiger charge is -2.04. The maximum absolute atomic E-state index is 12.0. The highest BCUT2D eigenvalue weighted by molar-refractivity contribution is 5.94. The van der Waals surface area contributed by atoms with Crippen molar-refractivity contribution in [2.45, 2.75) is 13.3 Å². The zero-order chi connectivity index (χ0) is 17.8. The smallest absolute Gasteiger partial charge is 0.337 e. The fourth-order valence-corrected chi connectivity index (χ4v) is 2.58. The maximum atomic E-state index is 12.0. The number of hydrogen-bond donors (Lipinski definition) is 1. The molecule has 3 rings (SSSR count). The van der Waals surface area contributed by atoms with Crippen LogP contribution in [0.4, 0.5) is 5.69 Å². The van der Waals surface area contributed by atoms with Crippen molar-refractivity contribution in [2.24, 2.45) is 11.8 Å². The van der Waals surface area contributed by atoms with Crippen LogP contribution in [0.25, 0.3) is 0 Å². The van der Waals surface area contributed by atoms with Gasteiger partial charge in [0, 0.05) is 22.7 Å². The van der Waals surface area contributed by atoms with Gasteiger partial charge in [-0.05, 0) is 48.7 Å². The van der Waals surface area contributed by atoms with E-state index in [0.717, 1.165) is 23.2 Å². The minimum atomic E-state index is -0.386. The first-order valence-electron chi connectivity index (χ1n) is 8.18. The average molecular weight is 333 g/mol. The van der Waals surface area contributed by atoms with E-state index in [4.69, 9.17) is 4.74 Å². The van der Waals surface area contributed by atoms with Gasteiger partial charge in [0.25, 0.3) is 0 Å². The van der Waals surface area contributed by atoms with Gasteiger partial charge in [-0.3, -0.25) is 4.79 Å². The number of ether oxygens (including phenoxy) is 1. The van der Waals surface area contributed by atoms with Crippen molar-refractivity contribution in [2.75, 3.05) is 12.4 Å². The molecule has 0 aromatic heterocycles. The first kappa shape index (κ1) is 16.8. The Kier molecular flexibility index (Phi) is 4.85. The highest BCUT2D eigenvalue weighted by atomic mass is 16.5. The summed E-state index contributed by atoms with van der Waals surface area (Å²) in [7, 11) is 1.35. The number of methoxy groups -OCH3 is 1. The van der Waals surface area contributed by atoms with Crippen LogP contribution in [0.1, 0.15) is 34.8 Å². The molecule has 25 heavy (non-hydrogen) atoms. The minimum absolute atomic E-state index is 0.0726. The fourth-order valence-electron chi connectivity index (χ4n) is 2.58. The summed E-state index contributed by atoms with van der Waals surface area (Å²) < 4.78 is 4.71. The lowest BCUT2D eigenvalue weighted by atomic mass is 10.1. The first-order valence-corrected chi connectivity index (χ1v) is 8.18. The Morgan fingerprint density at radius 3 is 2.36 bits per heavy atom. The fraction of sp³-hybridized carbons (Fsp3) is 0.238. The van der Waals surface area contributed by atoms with Crippen molar-refractivity contribution < 1.29 is 14.3 Å². The zero-order valence-corrected chi connectivity index (χ0v) is 14.2. The van der Waals surface area contributed by atoms with Gasteiger partial charge in [-0.2, -0.15) is 0 Å². The molecule has 126 valence electrons. The molecule has 1 amide bonds. The SMILES string of the molecule is COC(=O)c1cccc(C#Cc2cccc(NC(=O)[C@H]3C[C@H]3C)c2)c1. The molecular formula is C21H19NO3. The van der Waals surface area contributed by atoms with Gasteiger partial charge < -0.3 is 10.1 Å². The van der Waals surface area contributed by atoms with Crippen molar-refractivity contribution in [3.05, 3.63) is 65.2 Å². The van der Waals surface area contributed by atoms with E-state index in [1.807, 2.05) is 30.3 Å². The van der Waals surface area contributed by atoms with E-state index in [-0.39, 0.29) is 17.8 Å². The summed E-state index contributed by atoms with van der Waals surface area (Å²) in [6.07, 6.45) is 0.960. The van der Waals surface area contributed by atoms with Gasteiger partial charge in [0.05, 0.1) is 12.7 Å². The lowest BCUT2D eigenvalue weighted by Crippen LogP contribution is -2.14. The highest BCUT2D eigenvalue weighted by Gasteiger charge is 2.39. The molecule has 0 unspecified atom stereocenters. The second kappa shape index (κ2) is 7.23. The Morgan fingerprint density at radius 1 is 1.08 bits per heavy atom. The Hall–Kier alpha value is -3.06. The van der Waals surface area contributed by atoms with E-state index in [2.05, 4.69) is 24.1 Å². The molecule has 0 aliphatic heterocycles. The van der Waals surface area contributed by atoms with Crippen LogP contribution in [-0.4, -0.2) is 19.0 Å². The number of carbonyl (C=O) groups excluding carboxylic acids is 2. The summed E-state index contributed by atoms with van der Waals surface area (Å²) in [5.41, 5.74) is 2.74. The van der Waals surface area contributed by atoms with Gasteiger partial charge in [-0.25, -0.2) is 4.79 Å². The summed E-state index contributed by atoms with van der Waals surface area (Å²) in [5.74, 6) is 6.39. The molecule has 1 aliphatic carbocycles. The topological polar surface area (TPSA) is 55.4 Å². The highest BCUT2D eigenvalue weighted by Crippen LogP contribution is 2.38. The summed E-state index contributed by atoms with van der Waals surface area (Å²) in [4.78, 5) is 23.6. The van der Waals surface area contributed by atoms with Gasteiger partial charge >= 0.3 is 5.97 Å². The van der Waals surface area contributed by atoms with Crippen molar-refractivity contribution in [3.8, 4) is 11.8 Å². The Bertz CT molecular complexity index is 876. The van der Waals surface area contributed by atoms with Gasteiger partial charge in [-0.1, -0.05) is 30.9 Å². The number of nitrogens with one attached hydrogen (secondary N) is 1. The normalized spacial score (nSPS) is 17.8. The van der Waals surface area contributed by atoms with Crippen LogP contribution >= 0.6 is 0 Å². The predicted octanol–water partition coefficient (Wildman–Crippen LogP) is 3.47. The molecule has 4 nitrogen and oxygen atoms in total. The quantitative estimate of drug-likeness (QED) is 0.691. The Labute approximate surface area is 147 Å². The number of carbonyl (C=O) groups is 2. The minimum Gasteiger partial charge on any atom is -0.465 e. The lowest BCUT2D eigenvalue weighted by molar-refractivity contribution is -0.117. The first-order chi connectivity index (χ1) is 12.1. The number of esters is 1. The molecular weight excluding hydrogens is 314 g/mol. The van der Waals surface area contributed by atoms with Gasteiger partial charge in [0.2, 0.25) is 5.91 Å². The molecule has 2 aromatic rings. The summed E-state index contributed by atoms with van der Waals surface area (Å²) in [6.45, 7) is 2.08. The second-order valence-corrected chi connectivity index (χ2v) is 6.21. The van der Waals surface area contributed by atoms with Crippen LogP contribution in [0.15, 0.2) is 48.5 Å². The molecule has 1 fully saturated rings. The van der Waals surface area contributed by atoms with Crippen molar-refractivity contribution in [1.82, 2.24) is 0 Å². The number of benzene rings is 2. The molecule has 0 saturated heterocycles. The number of anilines is 1. The summed E-state index contributed by atoms with van der Waals surface area (Å²) in [5, 5.41) is 2.94. The molecule has 2 aromatic carbocycles. The maximum Gasteiger partial charge on any atom is 0.337 e. The third-order valence-corrected chi connectivity index (χ3v) is 4.21. The van der Waals surface area contributed by atoms with Crippen molar-refractivity contribution in [3.63, 3.8) is 0 Å². The van der Waals surface area contributed by atoms with Gasteiger partial charge in [-0.15, -0.1) is 0 Å². The van der Waals surface area contributed by atoms with Crippen LogP contribution in [0, 0.1) is 23.7 Å². The molecule has 0 heterocycles. The standard InChI is InChI=1S/C21H19NO3/c1-14-11-19(14)20(23)22-18-8-4-6-16(13-18)10-9-15-5-3-7-17(12-15)21(24)25-2/h3-8,12-14,19H,11H2,1-2H3,(H,22,23)/t14-,19+/m1/s1. The molecule has 0 radical (unpaired) electrons. The van der Waals surface area contributed by atoms with E-state index < -0.39 is 0 Å². The van der Waals surface area contributed by atoms with Crippen LogP contribution in [0.5, 0.6) is 0 Å². The van der Waals surface area contributed by atoms with Crippen LogP contribution in [0.3, 0.4) is 0 Å². The molecule has 1 aliphatic rings. The molecule has 1 N–H and O–H groups in total. The van der Waals surface area contributed by atoms with E-state index in [9.17, 15) is 9.59 Å². The molecule has 4 heteroatoms. The number of rotatable bonds is 3. The Balaban J connectivity index is 1.73. The summed E-state index contributed by atoms with van der Waals surface area (Å²) >= 11 is 0. The van der Waals surface area contributed by atoms with Crippen molar-refractivity contribution in [1.29, 1.82) is 0 Å². The largest absolute Gasteiger partial charge is 0.465 e. The van der Waals surface area contributed by atoms with E-state index in [0.29, 0.717) is 11.5 Å². The number of hydrogen-bond acceptors (Lipinski definition) is 3. The zero-order valence-electron chi connectivity index (χ0n) is 14.2. The molecule has 2 atom stereocenters. The Morgan fingerprint density at radius 2 is 1.72 bits per heavy atom. The van der Waals surface area contributed by atoms with E-state index in [1.165, 1.54) is 7.11 Å². The van der Waals surface area contributed by atoms with Crippen LogP contribution in [-0.2, 0) is 9.53 Å². The number of amides is 1.